The lowest BCUT2D eigenvalue weighted by Gasteiger charge is -2.16. The predicted molar refractivity (Wildman–Crippen MR) is 133 cm³/mol. The van der Waals surface area contributed by atoms with Crippen molar-refractivity contribution >= 4 is 40.8 Å². The number of rotatable bonds is 6. The average molecular weight is 707 g/mol. The molecule has 2 aromatic rings. The van der Waals surface area contributed by atoms with Crippen molar-refractivity contribution < 1.29 is 83.8 Å². The highest BCUT2D eigenvalue weighted by atomic mass is 35.5. The zero-order valence-electron chi connectivity index (χ0n) is 22.7. The van der Waals surface area contributed by atoms with Crippen molar-refractivity contribution in [1.29, 1.82) is 0 Å². The second-order valence-electron chi connectivity index (χ2n) is 9.58. The number of esters is 1. The van der Waals surface area contributed by atoms with Crippen LogP contribution in [0.1, 0.15) is 31.4 Å². The van der Waals surface area contributed by atoms with Crippen LogP contribution in [0, 0.1) is 0 Å². The lowest BCUT2D eigenvalue weighted by atomic mass is 10.0. The van der Waals surface area contributed by atoms with E-state index in [1.165, 1.54) is 0 Å². The number of fused-ring (bicyclic) bond motifs is 1. The van der Waals surface area contributed by atoms with Gasteiger partial charge in [0.05, 0.1) is 6.10 Å². The number of alkyl halides is 9. The Morgan fingerprint density at radius 1 is 0.913 bits per heavy atom. The van der Waals surface area contributed by atoms with Gasteiger partial charge in [0.2, 0.25) is 5.28 Å². The molecule has 2 aliphatic rings. The number of aliphatic hydroxyl groups is 2. The Balaban J connectivity index is 0.000000440. The summed E-state index contributed by atoms with van der Waals surface area (Å²) in [5.74, 6) is -7.33. The molecule has 1 aliphatic heterocycles. The van der Waals surface area contributed by atoms with Crippen molar-refractivity contribution in [2.24, 2.45) is 0 Å². The van der Waals surface area contributed by atoms with E-state index < -0.39 is 67.5 Å². The lowest BCUT2D eigenvalue weighted by molar-refractivity contribution is -0.203. The minimum Gasteiger partial charge on any atom is -0.475 e. The van der Waals surface area contributed by atoms with Gasteiger partial charge < -0.3 is 35.2 Å². The Bertz CT molecular complexity index is 1340. The van der Waals surface area contributed by atoms with Crippen LogP contribution < -0.4 is 5.32 Å². The van der Waals surface area contributed by atoms with Gasteiger partial charge in [-0.2, -0.15) is 44.5 Å². The molecule has 0 unspecified atom stereocenters. The fourth-order valence-corrected chi connectivity index (χ4v) is 4.28. The molecule has 260 valence electrons. The number of nitrogens with zero attached hydrogens (tertiary/aromatic N) is 3. The molecule has 2 fully saturated rings. The van der Waals surface area contributed by atoms with Crippen molar-refractivity contribution in [3.05, 3.63) is 23.1 Å². The topological polar surface area (TPSA) is 193 Å². The van der Waals surface area contributed by atoms with Crippen LogP contribution in [0.3, 0.4) is 0 Å². The predicted octanol–water partition coefficient (Wildman–Crippen LogP) is 3.14. The molecule has 2 aromatic heterocycles. The van der Waals surface area contributed by atoms with E-state index in [1.807, 2.05) is 0 Å². The molecular formula is C23H24ClF9N4O9. The zero-order valence-corrected chi connectivity index (χ0v) is 23.5. The van der Waals surface area contributed by atoms with Crippen molar-refractivity contribution in [2.45, 2.75) is 81.1 Å². The Kier molecular flexibility index (Phi) is 12.8. The number of halogens is 10. The van der Waals surface area contributed by atoms with Gasteiger partial charge in [-0.25, -0.2) is 18.9 Å². The number of aliphatic carboxylic acids is 2. The summed E-state index contributed by atoms with van der Waals surface area (Å²) >= 11 is 6.09. The number of hydrogen-bond donors (Lipinski definition) is 5. The lowest BCUT2D eigenvalue weighted by Crippen LogP contribution is -2.36. The molecule has 5 N–H and O–H groups in total. The highest BCUT2D eigenvalue weighted by Crippen LogP contribution is 2.29. The van der Waals surface area contributed by atoms with Crippen LogP contribution in [-0.4, -0.2) is 109 Å². The summed E-state index contributed by atoms with van der Waals surface area (Å²) in [4.78, 5) is 33.0. The van der Waals surface area contributed by atoms with Gasteiger partial charge in [-0.05, 0) is 36.6 Å². The number of ether oxygens (including phenoxy) is 2. The summed E-state index contributed by atoms with van der Waals surface area (Å²) in [5.41, 5.74) is 1.25. The van der Waals surface area contributed by atoms with Crippen molar-refractivity contribution in [3.63, 3.8) is 0 Å². The van der Waals surface area contributed by atoms with Crippen molar-refractivity contribution in [3.8, 4) is 0 Å². The maximum Gasteiger partial charge on any atom is 0.490 e. The molecule has 4 rings (SSSR count). The van der Waals surface area contributed by atoms with Crippen molar-refractivity contribution in [2.75, 3.05) is 11.9 Å². The van der Waals surface area contributed by atoms with Crippen LogP contribution in [0.2, 0.25) is 5.28 Å². The summed E-state index contributed by atoms with van der Waals surface area (Å²) in [5, 5.41) is 42.3. The zero-order chi connectivity index (χ0) is 35.2. The highest BCUT2D eigenvalue weighted by molar-refractivity contribution is 6.28. The summed E-state index contributed by atoms with van der Waals surface area (Å²) in [6.07, 6.45) is -16.1. The number of aromatic nitrogens is 3. The molecular weight excluding hydrogens is 683 g/mol. The Labute approximate surface area is 255 Å². The van der Waals surface area contributed by atoms with Gasteiger partial charge in [0.1, 0.15) is 30.4 Å². The molecule has 13 nitrogen and oxygen atoms in total. The fraction of sp³-hybridized carbons (Fsp3) is 0.609. The normalized spacial score (nSPS) is 22.0. The number of carbonyl (C=O) groups is 3. The number of hydrogen-bond acceptors (Lipinski definition) is 10. The Hall–Kier alpha value is -3.63. The Morgan fingerprint density at radius 2 is 1.41 bits per heavy atom. The van der Waals surface area contributed by atoms with Crippen LogP contribution in [0.25, 0.3) is 5.52 Å². The van der Waals surface area contributed by atoms with E-state index in [2.05, 4.69) is 20.1 Å². The first kappa shape index (κ1) is 38.6. The molecule has 3 heterocycles. The maximum absolute atomic E-state index is 12.3. The molecule has 1 saturated heterocycles. The first-order chi connectivity index (χ1) is 21.0. The quantitative estimate of drug-likeness (QED) is 0.218. The molecule has 46 heavy (non-hydrogen) atoms. The van der Waals surface area contributed by atoms with E-state index in [-0.39, 0.29) is 11.7 Å². The minimum atomic E-state index is -5.16. The van der Waals surface area contributed by atoms with Crippen LogP contribution >= 0.6 is 11.6 Å². The third-order valence-electron chi connectivity index (χ3n) is 6.23. The van der Waals surface area contributed by atoms with Gasteiger partial charge in [-0.3, -0.25) is 0 Å². The molecule has 23 heteroatoms. The monoisotopic (exact) mass is 706 g/mol. The number of carbonyl (C=O) groups excluding carboxylic acids is 1. The molecule has 0 bridgehead atoms. The molecule has 1 aliphatic carbocycles. The van der Waals surface area contributed by atoms with Crippen LogP contribution in [0.5, 0.6) is 0 Å². The van der Waals surface area contributed by atoms with E-state index in [9.17, 15) is 54.5 Å². The van der Waals surface area contributed by atoms with Gasteiger partial charge in [0.25, 0.3) is 0 Å². The van der Waals surface area contributed by atoms with Gasteiger partial charge in [0, 0.05) is 18.2 Å². The standard InChI is InChI=1S/C19H22ClF3N4O5.2C2HF3O2/c20-18-25-16(24-9-3-1-2-4-9)11-6-5-10(27(11)26-18)7-12-14(28)15(29)13(32-12)8-31-17(30)19(21,22)23;2*3-2(4,5)1(6)7/h5-6,9,12-15,28-29H,1-4,7-8H2,(H,24,25,26);2*(H,6,7)/t12-,13+,14-,15+;;/m0../s1. The van der Waals surface area contributed by atoms with Crippen LogP contribution in [-0.2, 0) is 30.3 Å². The van der Waals surface area contributed by atoms with E-state index in [1.54, 1.807) is 16.6 Å². The summed E-state index contributed by atoms with van der Waals surface area (Å²) in [7, 11) is 0. The first-order valence-electron chi connectivity index (χ1n) is 12.7. The maximum atomic E-state index is 12.3. The number of aliphatic hydroxyl groups excluding tert-OH is 2. The van der Waals surface area contributed by atoms with Crippen molar-refractivity contribution in [1.82, 2.24) is 14.6 Å². The largest absolute Gasteiger partial charge is 0.490 e. The number of anilines is 1. The number of carboxylic acid groups (broad SMARTS) is 2. The van der Waals surface area contributed by atoms with Gasteiger partial charge in [-0.1, -0.05) is 12.8 Å². The molecule has 1 saturated carbocycles. The molecule has 0 spiro atoms. The molecule has 4 atom stereocenters. The van der Waals surface area contributed by atoms with E-state index in [0.29, 0.717) is 23.1 Å². The van der Waals surface area contributed by atoms with E-state index in [4.69, 9.17) is 36.1 Å². The summed E-state index contributed by atoms with van der Waals surface area (Å²) in [6.45, 7) is -0.842. The second-order valence-corrected chi connectivity index (χ2v) is 9.92. The van der Waals surface area contributed by atoms with Gasteiger partial charge >= 0.3 is 36.4 Å². The summed E-state index contributed by atoms with van der Waals surface area (Å²) in [6, 6.07) is 3.81. The number of carboxylic acids is 2. The highest BCUT2D eigenvalue weighted by Gasteiger charge is 2.46. The second kappa shape index (κ2) is 15.3. The third kappa shape index (κ3) is 11.0. The van der Waals surface area contributed by atoms with E-state index in [0.717, 1.165) is 25.7 Å². The van der Waals surface area contributed by atoms with E-state index >= 15 is 0 Å². The first-order valence-corrected chi connectivity index (χ1v) is 13.1. The molecule has 0 amide bonds. The molecule has 0 aromatic carbocycles. The average Bonchev–Trinajstić information content (AvgIpc) is 3.64. The third-order valence-corrected chi connectivity index (χ3v) is 6.39. The summed E-state index contributed by atoms with van der Waals surface area (Å²) < 4.78 is 112. The van der Waals surface area contributed by atoms with Gasteiger partial charge in [0.15, 0.2) is 5.82 Å². The molecule has 0 radical (unpaired) electrons. The van der Waals surface area contributed by atoms with Crippen LogP contribution in [0.15, 0.2) is 12.1 Å². The van der Waals surface area contributed by atoms with Gasteiger partial charge in [-0.15, -0.1) is 5.10 Å². The van der Waals surface area contributed by atoms with Crippen LogP contribution in [0.4, 0.5) is 45.3 Å². The Morgan fingerprint density at radius 3 is 1.89 bits per heavy atom. The fourth-order valence-electron chi connectivity index (χ4n) is 4.12. The smallest absolute Gasteiger partial charge is 0.475 e. The minimum absolute atomic E-state index is 0.0142. The SMILES string of the molecule is O=C(O)C(F)(F)F.O=C(O)C(F)(F)F.O=C(OC[C@H]1O[C@@H](Cc2ccc3c(NC4CCCC4)nc(Cl)nn23)[C@H](O)[C@@H]1O)C(F)(F)F. The number of nitrogens with one attached hydrogen (secondary N) is 1.